The quantitative estimate of drug-likeness (QED) is 0.471. The predicted molar refractivity (Wildman–Crippen MR) is 125 cm³/mol. The third-order valence-corrected chi connectivity index (χ3v) is 6.01. The molecule has 1 aliphatic heterocycles. The molecule has 1 N–H and O–H groups in total. The summed E-state index contributed by atoms with van der Waals surface area (Å²) >= 11 is 6.65. The van der Waals surface area contributed by atoms with Crippen LogP contribution in [0.5, 0.6) is 5.75 Å². The Balaban J connectivity index is 1.45. The first-order valence-electron chi connectivity index (χ1n) is 9.77. The number of hydrogen-bond donors (Lipinski definition) is 1. The number of thioether (sulfide) groups is 1. The fourth-order valence-corrected chi connectivity index (χ4v) is 4.36. The topological polar surface area (TPSA) is 58.6 Å². The van der Waals surface area contributed by atoms with Crippen molar-refractivity contribution in [1.29, 1.82) is 0 Å². The van der Waals surface area contributed by atoms with Crippen LogP contribution in [0.3, 0.4) is 0 Å². The van der Waals surface area contributed by atoms with E-state index in [1.54, 1.807) is 12.0 Å². The highest BCUT2D eigenvalue weighted by Gasteiger charge is 2.31. The molecule has 156 valence electrons. The second-order valence-electron chi connectivity index (χ2n) is 6.80. The molecule has 1 heterocycles. The summed E-state index contributed by atoms with van der Waals surface area (Å²) in [5.41, 5.74) is 2.07. The van der Waals surface area contributed by atoms with E-state index in [1.165, 1.54) is 17.3 Å². The van der Waals surface area contributed by atoms with Crippen LogP contribution >= 0.6 is 24.0 Å². The summed E-state index contributed by atoms with van der Waals surface area (Å²) < 4.78 is 5.75. The zero-order valence-electron chi connectivity index (χ0n) is 16.8. The second-order valence-corrected chi connectivity index (χ2v) is 8.47. The van der Waals surface area contributed by atoms with E-state index in [2.05, 4.69) is 5.32 Å². The Kier molecular flexibility index (Phi) is 8.04. The summed E-state index contributed by atoms with van der Waals surface area (Å²) in [6.45, 7) is 1.04. The van der Waals surface area contributed by atoms with Gasteiger partial charge in [0.05, 0.1) is 12.0 Å². The van der Waals surface area contributed by atoms with Crippen LogP contribution in [0.25, 0.3) is 6.08 Å². The summed E-state index contributed by atoms with van der Waals surface area (Å²) in [6.07, 6.45) is 3.55. The van der Waals surface area contributed by atoms with Crippen LogP contribution in [0, 0.1) is 0 Å². The average Bonchev–Trinajstić information content (AvgIpc) is 3.02. The van der Waals surface area contributed by atoms with Crippen molar-refractivity contribution >= 4 is 46.2 Å². The lowest BCUT2D eigenvalue weighted by Gasteiger charge is -2.14. The minimum atomic E-state index is -0.114. The minimum absolute atomic E-state index is 0.0108. The van der Waals surface area contributed by atoms with Gasteiger partial charge in [-0.2, -0.15) is 0 Å². The Hall–Kier alpha value is -2.64. The largest absolute Gasteiger partial charge is 0.497 e. The fourth-order valence-electron chi connectivity index (χ4n) is 3.05. The average molecular weight is 441 g/mol. The van der Waals surface area contributed by atoms with Gasteiger partial charge in [-0.3, -0.25) is 14.5 Å². The van der Waals surface area contributed by atoms with E-state index in [9.17, 15) is 9.59 Å². The zero-order chi connectivity index (χ0) is 21.3. The summed E-state index contributed by atoms with van der Waals surface area (Å²) in [5.74, 6) is 0.609. The maximum absolute atomic E-state index is 12.7. The number of rotatable bonds is 9. The number of thiocarbonyl (C=S) groups is 1. The van der Waals surface area contributed by atoms with Gasteiger partial charge >= 0.3 is 0 Å². The summed E-state index contributed by atoms with van der Waals surface area (Å²) in [5, 5.41) is 2.93. The third kappa shape index (κ3) is 6.18. The van der Waals surface area contributed by atoms with Crippen LogP contribution in [0.4, 0.5) is 0 Å². The Labute approximate surface area is 186 Å². The monoisotopic (exact) mass is 440 g/mol. The van der Waals surface area contributed by atoms with Crippen LogP contribution in [-0.2, 0) is 16.0 Å². The molecule has 0 atom stereocenters. The highest BCUT2D eigenvalue weighted by molar-refractivity contribution is 8.26. The SMILES string of the molecule is COc1cccc(C=C2SC(=S)N(CCCC(=O)NCCc3ccccc3)C2=O)c1. The molecule has 7 heteroatoms. The van der Waals surface area contributed by atoms with Gasteiger partial charge in [-0.15, -0.1) is 0 Å². The third-order valence-electron chi connectivity index (χ3n) is 4.63. The number of hydrogen-bond acceptors (Lipinski definition) is 5. The molecule has 1 fully saturated rings. The van der Waals surface area contributed by atoms with Crippen molar-refractivity contribution in [2.75, 3.05) is 20.2 Å². The smallest absolute Gasteiger partial charge is 0.266 e. The Bertz CT molecular complexity index is 944. The molecule has 2 amide bonds. The van der Waals surface area contributed by atoms with Gasteiger partial charge in [0, 0.05) is 19.5 Å². The number of methoxy groups -OCH3 is 1. The number of carbonyl (C=O) groups is 2. The number of ether oxygens (including phenoxy) is 1. The summed E-state index contributed by atoms with van der Waals surface area (Å²) in [4.78, 5) is 26.9. The molecular weight excluding hydrogens is 416 g/mol. The van der Waals surface area contributed by atoms with Crippen LogP contribution in [-0.4, -0.2) is 41.2 Å². The van der Waals surface area contributed by atoms with E-state index >= 15 is 0 Å². The summed E-state index contributed by atoms with van der Waals surface area (Å²) in [6, 6.07) is 17.5. The first-order chi connectivity index (χ1) is 14.6. The molecule has 1 saturated heterocycles. The number of benzene rings is 2. The Morgan fingerprint density at radius 1 is 1.20 bits per heavy atom. The molecule has 0 radical (unpaired) electrons. The lowest BCUT2D eigenvalue weighted by Crippen LogP contribution is -2.31. The molecule has 30 heavy (non-hydrogen) atoms. The molecule has 0 bridgehead atoms. The van der Waals surface area contributed by atoms with Crippen LogP contribution in [0.15, 0.2) is 59.5 Å². The molecule has 0 spiro atoms. The van der Waals surface area contributed by atoms with E-state index in [1.807, 2.05) is 60.7 Å². The highest BCUT2D eigenvalue weighted by Crippen LogP contribution is 2.33. The molecule has 5 nitrogen and oxygen atoms in total. The lowest BCUT2D eigenvalue weighted by atomic mass is 10.1. The fraction of sp³-hybridized carbons (Fsp3) is 0.261. The normalized spacial score (nSPS) is 15.0. The van der Waals surface area contributed by atoms with E-state index in [0.717, 1.165) is 17.7 Å². The standard InChI is InChI=1S/C23H24N2O3S2/c1-28-19-10-5-9-18(15-19)16-20-22(27)25(23(29)30-20)14-6-11-21(26)24-13-12-17-7-3-2-4-8-17/h2-5,7-10,15-16H,6,11-14H2,1H3,(H,24,26). The lowest BCUT2D eigenvalue weighted by molar-refractivity contribution is -0.123. The van der Waals surface area contributed by atoms with Crippen LogP contribution in [0.1, 0.15) is 24.0 Å². The van der Waals surface area contributed by atoms with E-state index in [0.29, 0.717) is 35.2 Å². The van der Waals surface area contributed by atoms with Gasteiger partial charge < -0.3 is 10.1 Å². The first kappa shape index (κ1) is 22.1. The maximum atomic E-state index is 12.7. The van der Waals surface area contributed by atoms with E-state index in [-0.39, 0.29) is 11.8 Å². The molecule has 2 aromatic carbocycles. The van der Waals surface area contributed by atoms with Crippen LogP contribution < -0.4 is 10.1 Å². The number of amides is 2. The van der Waals surface area contributed by atoms with E-state index in [4.69, 9.17) is 17.0 Å². The number of nitrogens with one attached hydrogen (secondary N) is 1. The molecule has 1 aliphatic rings. The number of nitrogens with zero attached hydrogens (tertiary/aromatic N) is 1. The molecule has 0 aliphatic carbocycles. The van der Waals surface area contributed by atoms with Gasteiger partial charge in [-0.1, -0.05) is 66.4 Å². The van der Waals surface area contributed by atoms with Gasteiger partial charge in [-0.05, 0) is 42.2 Å². The van der Waals surface area contributed by atoms with Crippen molar-refractivity contribution in [2.24, 2.45) is 0 Å². The van der Waals surface area contributed by atoms with Gasteiger partial charge in [0.15, 0.2) is 0 Å². The van der Waals surface area contributed by atoms with Gasteiger partial charge in [0.2, 0.25) is 5.91 Å². The molecule has 0 saturated carbocycles. The molecule has 0 aromatic heterocycles. The zero-order valence-corrected chi connectivity index (χ0v) is 18.4. The van der Waals surface area contributed by atoms with Crippen molar-refractivity contribution in [3.63, 3.8) is 0 Å². The van der Waals surface area contributed by atoms with Gasteiger partial charge in [-0.25, -0.2) is 0 Å². The number of carbonyl (C=O) groups excluding carboxylic acids is 2. The van der Waals surface area contributed by atoms with E-state index < -0.39 is 0 Å². The molecular formula is C23H24N2O3S2. The van der Waals surface area contributed by atoms with Crippen molar-refractivity contribution in [3.05, 3.63) is 70.6 Å². The predicted octanol–water partition coefficient (Wildman–Crippen LogP) is 4.04. The van der Waals surface area contributed by atoms with Crippen molar-refractivity contribution in [3.8, 4) is 5.75 Å². The second kappa shape index (κ2) is 10.9. The first-order valence-corrected chi connectivity index (χ1v) is 11.0. The highest BCUT2D eigenvalue weighted by atomic mass is 32.2. The molecule has 0 unspecified atom stereocenters. The summed E-state index contributed by atoms with van der Waals surface area (Å²) in [7, 11) is 1.61. The molecule has 2 aromatic rings. The van der Waals surface area contributed by atoms with Crippen molar-refractivity contribution < 1.29 is 14.3 Å². The molecule has 3 rings (SSSR count). The van der Waals surface area contributed by atoms with Crippen molar-refractivity contribution in [2.45, 2.75) is 19.3 Å². The minimum Gasteiger partial charge on any atom is -0.497 e. The maximum Gasteiger partial charge on any atom is 0.266 e. The van der Waals surface area contributed by atoms with Gasteiger partial charge in [0.1, 0.15) is 10.1 Å². The Morgan fingerprint density at radius 2 is 2.00 bits per heavy atom. The Morgan fingerprint density at radius 3 is 2.77 bits per heavy atom. The van der Waals surface area contributed by atoms with Crippen molar-refractivity contribution in [1.82, 2.24) is 10.2 Å². The van der Waals surface area contributed by atoms with Crippen LogP contribution in [0.2, 0.25) is 0 Å². The van der Waals surface area contributed by atoms with Gasteiger partial charge in [0.25, 0.3) is 5.91 Å².